The summed E-state index contributed by atoms with van der Waals surface area (Å²) in [7, 11) is 0. The smallest absolute Gasteiger partial charge is 0.0723 e. The van der Waals surface area contributed by atoms with Gasteiger partial charge >= 0.3 is 0 Å². The second-order valence-electron chi connectivity index (χ2n) is 6.19. The van der Waals surface area contributed by atoms with Gasteiger partial charge in [-0.15, -0.1) is 0 Å². The van der Waals surface area contributed by atoms with E-state index in [0.29, 0.717) is 11.8 Å². The summed E-state index contributed by atoms with van der Waals surface area (Å²) >= 11 is 0. The standard InChI is InChI=1S/C13H26O/c1-10(2)9-11(3)13(14)8-6-7-12(13,4)5/h10-11,14H,6-9H2,1-5H3. The Kier molecular flexibility index (Phi) is 3.30. The van der Waals surface area contributed by atoms with Crippen molar-refractivity contribution in [2.75, 3.05) is 0 Å². The van der Waals surface area contributed by atoms with Gasteiger partial charge in [-0.25, -0.2) is 0 Å². The topological polar surface area (TPSA) is 20.2 Å². The lowest BCUT2D eigenvalue weighted by molar-refractivity contribution is -0.0905. The van der Waals surface area contributed by atoms with Gasteiger partial charge in [-0.3, -0.25) is 0 Å². The van der Waals surface area contributed by atoms with E-state index in [0.717, 1.165) is 12.8 Å². The first-order valence-corrected chi connectivity index (χ1v) is 6.02. The Morgan fingerprint density at radius 3 is 2.07 bits per heavy atom. The van der Waals surface area contributed by atoms with Crippen molar-refractivity contribution in [2.45, 2.75) is 65.9 Å². The Bertz CT molecular complexity index is 195. The van der Waals surface area contributed by atoms with Crippen molar-refractivity contribution in [1.29, 1.82) is 0 Å². The van der Waals surface area contributed by atoms with Gasteiger partial charge in [0.1, 0.15) is 0 Å². The fourth-order valence-corrected chi connectivity index (χ4v) is 3.17. The van der Waals surface area contributed by atoms with Gasteiger partial charge in [0.2, 0.25) is 0 Å². The number of rotatable bonds is 3. The highest BCUT2D eigenvalue weighted by atomic mass is 16.3. The highest BCUT2D eigenvalue weighted by Crippen LogP contribution is 2.51. The first kappa shape index (κ1) is 12.0. The number of aliphatic hydroxyl groups is 1. The van der Waals surface area contributed by atoms with E-state index in [4.69, 9.17) is 0 Å². The lowest BCUT2D eigenvalue weighted by Gasteiger charge is -2.42. The first-order chi connectivity index (χ1) is 6.29. The van der Waals surface area contributed by atoms with Crippen LogP contribution in [0, 0.1) is 17.3 Å². The van der Waals surface area contributed by atoms with E-state index < -0.39 is 5.60 Å². The predicted octanol–water partition coefficient (Wildman–Crippen LogP) is 3.61. The summed E-state index contributed by atoms with van der Waals surface area (Å²) in [4.78, 5) is 0. The molecule has 14 heavy (non-hydrogen) atoms. The molecule has 1 aliphatic rings. The quantitative estimate of drug-likeness (QED) is 0.734. The van der Waals surface area contributed by atoms with Crippen LogP contribution in [0.3, 0.4) is 0 Å². The molecule has 1 aliphatic carbocycles. The van der Waals surface area contributed by atoms with Gasteiger partial charge in [-0.2, -0.15) is 0 Å². The predicted molar refractivity (Wildman–Crippen MR) is 61.2 cm³/mol. The molecule has 0 aromatic rings. The Labute approximate surface area is 88.9 Å². The second-order valence-corrected chi connectivity index (χ2v) is 6.19. The van der Waals surface area contributed by atoms with Crippen LogP contribution in [0.25, 0.3) is 0 Å². The van der Waals surface area contributed by atoms with E-state index in [-0.39, 0.29) is 5.41 Å². The first-order valence-electron chi connectivity index (χ1n) is 6.02. The van der Waals surface area contributed by atoms with Crippen molar-refractivity contribution in [3.63, 3.8) is 0 Å². The molecule has 2 unspecified atom stereocenters. The van der Waals surface area contributed by atoms with Gasteiger partial charge in [0.15, 0.2) is 0 Å². The second kappa shape index (κ2) is 3.84. The van der Waals surface area contributed by atoms with Crippen molar-refractivity contribution in [3.05, 3.63) is 0 Å². The van der Waals surface area contributed by atoms with Gasteiger partial charge in [-0.1, -0.05) is 34.6 Å². The molecule has 1 rings (SSSR count). The third-order valence-electron chi connectivity index (χ3n) is 4.17. The molecule has 0 aromatic carbocycles. The van der Waals surface area contributed by atoms with E-state index in [1.54, 1.807) is 0 Å². The molecular weight excluding hydrogens is 172 g/mol. The van der Waals surface area contributed by atoms with Crippen LogP contribution in [0.1, 0.15) is 60.3 Å². The highest BCUT2D eigenvalue weighted by Gasteiger charge is 2.50. The molecule has 0 bridgehead atoms. The summed E-state index contributed by atoms with van der Waals surface area (Å²) in [6.07, 6.45) is 4.49. The van der Waals surface area contributed by atoms with E-state index in [1.807, 2.05) is 0 Å². The average molecular weight is 198 g/mol. The van der Waals surface area contributed by atoms with Gasteiger partial charge in [0, 0.05) is 0 Å². The molecule has 0 saturated heterocycles. The molecule has 1 heteroatoms. The van der Waals surface area contributed by atoms with Crippen molar-refractivity contribution >= 4 is 0 Å². The van der Waals surface area contributed by atoms with Crippen molar-refractivity contribution in [2.24, 2.45) is 17.3 Å². The molecule has 1 N–H and O–H groups in total. The van der Waals surface area contributed by atoms with E-state index >= 15 is 0 Å². The van der Waals surface area contributed by atoms with Gasteiger partial charge in [0.05, 0.1) is 5.60 Å². The van der Waals surface area contributed by atoms with Crippen LogP contribution >= 0.6 is 0 Å². The molecule has 0 aliphatic heterocycles. The van der Waals surface area contributed by atoms with Crippen molar-refractivity contribution < 1.29 is 5.11 Å². The highest BCUT2D eigenvalue weighted by molar-refractivity contribution is 5.01. The Morgan fingerprint density at radius 2 is 1.71 bits per heavy atom. The number of hydrogen-bond acceptors (Lipinski definition) is 1. The van der Waals surface area contributed by atoms with Crippen molar-refractivity contribution in [1.82, 2.24) is 0 Å². The fraction of sp³-hybridized carbons (Fsp3) is 1.00. The lowest BCUT2D eigenvalue weighted by Crippen LogP contribution is -2.46. The summed E-state index contributed by atoms with van der Waals surface area (Å²) in [6, 6.07) is 0. The molecule has 0 heterocycles. The minimum absolute atomic E-state index is 0.112. The number of hydrogen-bond donors (Lipinski definition) is 1. The summed E-state index contributed by atoms with van der Waals surface area (Å²) in [5.41, 5.74) is -0.307. The zero-order valence-electron chi connectivity index (χ0n) is 10.4. The SMILES string of the molecule is CC(C)CC(C)C1(O)CCCC1(C)C. The molecule has 1 fully saturated rings. The lowest BCUT2D eigenvalue weighted by atomic mass is 9.69. The third kappa shape index (κ3) is 1.98. The van der Waals surface area contributed by atoms with E-state index in [2.05, 4.69) is 34.6 Å². The minimum atomic E-state index is -0.419. The Balaban J connectivity index is 2.73. The summed E-state index contributed by atoms with van der Waals surface area (Å²) in [5, 5.41) is 10.7. The largest absolute Gasteiger partial charge is 0.389 e. The molecule has 0 aromatic heterocycles. The minimum Gasteiger partial charge on any atom is -0.389 e. The maximum Gasteiger partial charge on any atom is 0.0723 e. The van der Waals surface area contributed by atoms with Gasteiger partial charge < -0.3 is 5.11 Å². The maximum absolute atomic E-state index is 10.7. The summed E-state index contributed by atoms with van der Waals surface area (Å²) in [5.74, 6) is 1.12. The molecule has 1 saturated carbocycles. The van der Waals surface area contributed by atoms with Gasteiger partial charge in [-0.05, 0) is 42.9 Å². The van der Waals surface area contributed by atoms with E-state index in [9.17, 15) is 5.11 Å². The van der Waals surface area contributed by atoms with Crippen LogP contribution < -0.4 is 0 Å². The Hall–Kier alpha value is -0.0400. The van der Waals surface area contributed by atoms with Crippen LogP contribution in [0.5, 0.6) is 0 Å². The zero-order valence-corrected chi connectivity index (χ0v) is 10.4. The van der Waals surface area contributed by atoms with Crippen LogP contribution in [0.2, 0.25) is 0 Å². The van der Waals surface area contributed by atoms with Crippen LogP contribution in [-0.2, 0) is 0 Å². The summed E-state index contributed by atoms with van der Waals surface area (Å²) in [6.45, 7) is 11.1. The molecule has 0 radical (unpaired) electrons. The third-order valence-corrected chi connectivity index (χ3v) is 4.17. The van der Waals surface area contributed by atoms with Gasteiger partial charge in [0.25, 0.3) is 0 Å². The Morgan fingerprint density at radius 1 is 1.14 bits per heavy atom. The maximum atomic E-state index is 10.7. The van der Waals surface area contributed by atoms with E-state index in [1.165, 1.54) is 12.8 Å². The molecule has 84 valence electrons. The summed E-state index contributed by atoms with van der Waals surface area (Å²) < 4.78 is 0. The normalized spacial score (nSPS) is 33.6. The van der Waals surface area contributed by atoms with Crippen LogP contribution in [-0.4, -0.2) is 10.7 Å². The molecule has 0 spiro atoms. The molecule has 1 nitrogen and oxygen atoms in total. The molecule has 2 atom stereocenters. The molecular formula is C13H26O. The zero-order chi connectivity index (χ0) is 11.0. The van der Waals surface area contributed by atoms with Crippen LogP contribution in [0.15, 0.2) is 0 Å². The average Bonchev–Trinajstić information content (AvgIpc) is 2.26. The van der Waals surface area contributed by atoms with Crippen molar-refractivity contribution in [3.8, 4) is 0 Å². The van der Waals surface area contributed by atoms with Crippen LogP contribution in [0.4, 0.5) is 0 Å². The monoisotopic (exact) mass is 198 g/mol. The molecule has 0 amide bonds. The fourth-order valence-electron chi connectivity index (χ4n) is 3.17.